The molecule has 0 saturated heterocycles. The number of carbonyl (C=O) groups excluding carboxylic acids is 2. The lowest BCUT2D eigenvalue weighted by Gasteiger charge is -2.08. The van der Waals surface area contributed by atoms with Gasteiger partial charge in [0.1, 0.15) is 6.29 Å². The summed E-state index contributed by atoms with van der Waals surface area (Å²) in [5.74, 6) is -0.312. The number of methoxy groups -OCH3 is 1. The number of nitrogens with one attached hydrogen (secondary N) is 1. The van der Waals surface area contributed by atoms with Crippen LogP contribution in [0.5, 0.6) is 0 Å². The van der Waals surface area contributed by atoms with Gasteiger partial charge in [-0.15, -0.1) is 13.2 Å². The first-order chi connectivity index (χ1) is 10.1. The Bertz CT molecular complexity index is 473. The van der Waals surface area contributed by atoms with Crippen molar-refractivity contribution in [3.8, 4) is 0 Å². The zero-order valence-electron chi connectivity index (χ0n) is 12.7. The third kappa shape index (κ3) is 7.72. The Labute approximate surface area is 126 Å². The van der Waals surface area contributed by atoms with Crippen LogP contribution in [0.15, 0.2) is 43.5 Å². The molecular weight excluding hydrogens is 266 g/mol. The molecule has 0 fully saturated rings. The van der Waals surface area contributed by atoms with Gasteiger partial charge < -0.3 is 14.8 Å². The summed E-state index contributed by atoms with van der Waals surface area (Å²) in [6.07, 6.45) is 5.83. The van der Waals surface area contributed by atoms with Crippen molar-refractivity contribution < 1.29 is 14.3 Å². The Morgan fingerprint density at radius 1 is 1.29 bits per heavy atom. The average Bonchev–Trinajstić information content (AvgIpc) is 2.51. The third-order valence-electron chi connectivity index (χ3n) is 2.57. The quantitative estimate of drug-likeness (QED) is 0.361. The van der Waals surface area contributed by atoms with Crippen LogP contribution in [0.25, 0.3) is 0 Å². The predicted molar refractivity (Wildman–Crippen MR) is 86.7 cm³/mol. The first-order valence-electron chi connectivity index (χ1n) is 6.69. The summed E-state index contributed by atoms with van der Waals surface area (Å²) >= 11 is 0. The van der Waals surface area contributed by atoms with Crippen molar-refractivity contribution in [3.05, 3.63) is 54.6 Å². The summed E-state index contributed by atoms with van der Waals surface area (Å²) in [6, 6.07) is 5.41. The number of anilines is 1. The van der Waals surface area contributed by atoms with Gasteiger partial charge in [-0.25, -0.2) is 4.79 Å². The zero-order chi connectivity index (χ0) is 16.1. The van der Waals surface area contributed by atoms with Crippen LogP contribution in [0.1, 0.15) is 28.8 Å². The SMILES string of the molecule is C=CCCC=O.C=CCNc1ccc(C(=O)OC)cc1C. The molecule has 0 saturated carbocycles. The highest BCUT2D eigenvalue weighted by molar-refractivity contribution is 5.90. The molecule has 0 aliphatic carbocycles. The average molecular weight is 289 g/mol. The van der Waals surface area contributed by atoms with Crippen molar-refractivity contribution in [2.24, 2.45) is 0 Å². The standard InChI is InChI=1S/C12H15NO2.C5H8O/c1-4-7-13-11-6-5-10(8-9(11)2)12(14)15-3;1-2-3-4-5-6/h4-6,8,13H,1,7H2,2-3H3;2,5H,1,3-4H2. The molecule has 0 unspecified atom stereocenters. The van der Waals surface area contributed by atoms with Gasteiger partial charge in [0.15, 0.2) is 0 Å². The number of aryl methyl sites for hydroxylation is 1. The maximum atomic E-state index is 11.2. The predicted octanol–water partition coefficient (Wildman–Crippen LogP) is 3.53. The molecule has 0 radical (unpaired) electrons. The molecule has 4 heteroatoms. The minimum absolute atomic E-state index is 0.312. The fraction of sp³-hybridized carbons (Fsp3) is 0.294. The number of rotatable bonds is 7. The van der Waals surface area contributed by atoms with E-state index in [1.807, 2.05) is 13.0 Å². The lowest BCUT2D eigenvalue weighted by Crippen LogP contribution is -2.04. The number of carbonyl (C=O) groups is 2. The van der Waals surface area contributed by atoms with E-state index in [4.69, 9.17) is 0 Å². The first-order valence-corrected chi connectivity index (χ1v) is 6.69. The lowest BCUT2D eigenvalue weighted by molar-refractivity contribution is -0.107. The molecule has 0 aromatic heterocycles. The normalized spacial score (nSPS) is 8.86. The largest absolute Gasteiger partial charge is 0.465 e. The Morgan fingerprint density at radius 2 is 2.00 bits per heavy atom. The van der Waals surface area contributed by atoms with Crippen LogP contribution in [0, 0.1) is 6.92 Å². The van der Waals surface area contributed by atoms with E-state index in [0.29, 0.717) is 18.5 Å². The Kier molecular flexibility index (Phi) is 10.2. The summed E-state index contributed by atoms with van der Waals surface area (Å²) in [7, 11) is 1.38. The molecule has 0 spiro atoms. The molecule has 21 heavy (non-hydrogen) atoms. The molecule has 1 aromatic rings. The number of aldehydes is 1. The monoisotopic (exact) mass is 289 g/mol. The highest BCUT2D eigenvalue weighted by Gasteiger charge is 2.06. The van der Waals surface area contributed by atoms with E-state index in [2.05, 4.69) is 23.2 Å². The van der Waals surface area contributed by atoms with E-state index >= 15 is 0 Å². The number of allylic oxidation sites excluding steroid dienone is 1. The molecule has 4 nitrogen and oxygen atoms in total. The van der Waals surface area contributed by atoms with E-state index in [-0.39, 0.29) is 5.97 Å². The van der Waals surface area contributed by atoms with Crippen LogP contribution in [0.2, 0.25) is 0 Å². The summed E-state index contributed by atoms with van der Waals surface area (Å²) in [6.45, 7) is 9.72. The van der Waals surface area contributed by atoms with E-state index in [1.165, 1.54) is 7.11 Å². The van der Waals surface area contributed by atoms with Crippen molar-refractivity contribution in [1.82, 2.24) is 0 Å². The number of benzene rings is 1. The second-order valence-corrected chi connectivity index (χ2v) is 4.22. The minimum Gasteiger partial charge on any atom is -0.465 e. The van der Waals surface area contributed by atoms with Crippen molar-refractivity contribution in [2.75, 3.05) is 19.0 Å². The molecule has 1 aromatic carbocycles. The fourth-order valence-electron chi connectivity index (χ4n) is 1.47. The second kappa shape index (κ2) is 11.5. The Morgan fingerprint density at radius 3 is 2.43 bits per heavy atom. The van der Waals surface area contributed by atoms with Crippen LogP contribution < -0.4 is 5.32 Å². The molecule has 0 amide bonds. The van der Waals surface area contributed by atoms with Crippen LogP contribution in [-0.4, -0.2) is 25.9 Å². The molecular formula is C17H23NO3. The van der Waals surface area contributed by atoms with Crippen molar-refractivity contribution in [2.45, 2.75) is 19.8 Å². The van der Waals surface area contributed by atoms with Crippen molar-refractivity contribution in [1.29, 1.82) is 0 Å². The smallest absolute Gasteiger partial charge is 0.337 e. The van der Waals surface area contributed by atoms with Gasteiger partial charge in [-0.3, -0.25) is 0 Å². The van der Waals surface area contributed by atoms with Gasteiger partial charge >= 0.3 is 5.97 Å². The molecule has 0 aliphatic rings. The third-order valence-corrected chi connectivity index (χ3v) is 2.57. The van der Waals surface area contributed by atoms with Crippen LogP contribution >= 0.6 is 0 Å². The summed E-state index contributed by atoms with van der Waals surface area (Å²) in [5.41, 5.74) is 2.58. The van der Waals surface area contributed by atoms with Crippen LogP contribution in [0.3, 0.4) is 0 Å². The van der Waals surface area contributed by atoms with Crippen LogP contribution in [0.4, 0.5) is 5.69 Å². The van der Waals surface area contributed by atoms with Gasteiger partial charge in [0.05, 0.1) is 12.7 Å². The molecule has 0 atom stereocenters. The number of hydrogen-bond donors (Lipinski definition) is 1. The molecule has 1 N–H and O–H groups in total. The van der Waals surface area contributed by atoms with Crippen molar-refractivity contribution in [3.63, 3.8) is 0 Å². The number of unbranched alkanes of at least 4 members (excludes halogenated alkanes) is 1. The first kappa shape index (κ1) is 18.6. The number of ether oxygens (including phenoxy) is 1. The van der Waals surface area contributed by atoms with Crippen molar-refractivity contribution >= 4 is 17.9 Å². The van der Waals surface area contributed by atoms with E-state index in [9.17, 15) is 9.59 Å². The lowest BCUT2D eigenvalue weighted by atomic mass is 10.1. The van der Waals surface area contributed by atoms with Gasteiger partial charge in [0.2, 0.25) is 0 Å². The van der Waals surface area contributed by atoms with Gasteiger partial charge in [0, 0.05) is 18.7 Å². The molecule has 114 valence electrons. The van der Waals surface area contributed by atoms with Crippen LogP contribution in [-0.2, 0) is 9.53 Å². The maximum absolute atomic E-state index is 11.2. The highest BCUT2D eigenvalue weighted by Crippen LogP contribution is 2.16. The Hall–Kier alpha value is -2.36. The zero-order valence-corrected chi connectivity index (χ0v) is 12.7. The molecule has 0 heterocycles. The maximum Gasteiger partial charge on any atom is 0.337 e. The highest BCUT2D eigenvalue weighted by atomic mass is 16.5. The Balaban J connectivity index is 0.000000567. The molecule has 0 aliphatic heterocycles. The van der Waals surface area contributed by atoms with Gasteiger partial charge in [0.25, 0.3) is 0 Å². The molecule has 0 bridgehead atoms. The topological polar surface area (TPSA) is 55.4 Å². The number of hydrogen-bond acceptors (Lipinski definition) is 4. The van der Waals surface area contributed by atoms with Gasteiger partial charge in [-0.05, 0) is 37.1 Å². The number of esters is 1. The second-order valence-electron chi connectivity index (χ2n) is 4.22. The van der Waals surface area contributed by atoms with E-state index < -0.39 is 0 Å². The summed E-state index contributed by atoms with van der Waals surface area (Å²) in [5, 5.41) is 3.18. The minimum atomic E-state index is -0.312. The van der Waals surface area contributed by atoms with Gasteiger partial charge in [-0.2, -0.15) is 0 Å². The van der Waals surface area contributed by atoms with E-state index in [0.717, 1.165) is 24.0 Å². The molecule has 1 rings (SSSR count). The van der Waals surface area contributed by atoms with E-state index in [1.54, 1.807) is 24.3 Å². The summed E-state index contributed by atoms with van der Waals surface area (Å²) < 4.78 is 4.64. The van der Waals surface area contributed by atoms with Gasteiger partial charge in [-0.1, -0.05) is 12.2 Å². The summed E-state index contributed by atoms with van der Waals surface area (Å²) in [4.78, 5) is 20.7. The fourth-order valence-corrected chi connectivity index (χ4v) is 1.47.